The third kappa shape index (κ3) is 2.09. The molecule has 92 valence electrons. The number of nitrogen functional groups attached to an aromatic ring is 1. The van der Waals surface area contributed by atoms with Crippen LogP contribution in [0.2, 0.25) is 0 Å². The Kier molecular flexibility index (Phi) is 2.77. The maximum absolute atomic E-state index is 5.65. The van der Waals surface area contributed by atoms with E-state index in [0.717, 1.165) is 16.0 Å². The second-order valence-electron chi connectivity index (χ2n) is 3.58. The first-order valence-corrected chi connectivity index (χ1v) is 6.21. The number of hydrogen-bond donors (Lipinski definition) is 2. The zero-order valence-corrected chi connectivity index (χ0v) is 10.1. The van der Waals surface area contributed by atoms with Gasteiger partial charge in [0.2, 0.25) is 11.8 Å². The zero-order valence-electron chi connectivity index (χ0n) is 9.33. The molecule has 0 bridgehead atoms. The van der Waals surface area contributed by atoms with Crippen molar-refractivity contribution in [3.8, 4) is 0 Å². The molecule has 0 amide bonds. The number of fused-ring (bicyclic) bond motifs is 1. The predicted molar refractivity (Wildman–Crippen MR) is 68.3 cm³/mol. The van der Waals surface area contributed by atoms with Gasteiger partial charge in [0.1, 0.15) is 10.6 Å². The number of nitrogens with two attached hydrogens (primary N) is 1. The number of nitrogens with one attached hydrogen (secondary N) is 1. The van der Waals surface area contributed by atoms with E-state index in [9.17, 15) is 0 Å². The molecule has 0 atom stereocenters. The third-order valence-corrected chi connectivity index (χ3v) is 3.19. The molecule has 0 radical (unpaired) electrons. The maximum atomic E-state index is 5.65. The van der Waals surface area contributed by atoms with E-state index in [-0.39, 0.29) is 5.95 Å². The van der Waals surface area contributed by atoms with Crippen LogP contribution in [0.4, 0.5) is 11.8 Å². The van der Waals surface area contributed by atoms with Gasteiger partial charge in [-0.05, 0) is 11.4 Å². The number of nitrogens with zero attached hydrogens (tertiary/aromatic N) is 4. The fourth-order valence-corrected chi connectivity index (χ4v) is 2.37. The molecule has 3 aromatic heterocycles. The van der Waals surface area contributed by atoms with Gasteiger partial charge >= 0.3 is 0 Å². The van der Waals surface area contributed by atoms with Crippen LogP contribution in [0, 0.1) is 0 Å². The number of thiophene rings is 1. The molecule has 7 nitrogen and oxygen atoms in total. The molecule has 8 heteroatoms. The minimum Gasteiger partial charge on any atom is -0.369 e. The van der Waals surface area contributed by atoms with Crippen LogP contribution in [0.15, 0.2) is 22.3 Å². The maximum Gasteiger partial charge on any atom is 0.228 e. The van der Waals surface area contributed by atoms with Crippen LogP contribution in [-0.2, 0) is 6.42 Å². The highest BCUT2D eigenvalue weighted by Crippen LogP contribution is 2.25. The summed E-state index contributed by atoms with van der Waals surface area (Å²) in [5.41, 5.74) is 5.65. The summed E-state index contributed by atoms with van der Waals surface area (Å²) in [7, 11) is 0. The number of anilines is 2. The molecule has 0 unspecified atom stereocenters. The highest BCUT2D eigenvalue weighted by Gasteiger charge is 2.07. The third-order valence-electron chi connectivity index (χ3n) is 2.38. The molecule has 0 aromatic carbocycles. The highest BCUT2D eigenvalue weighted by atomic mass is 32.1. The fourth-order valence-electron chi connectivity index (χ4n) is 1.60. The smallest absolute Gasteiger partial charge is 0.228 e. The lowest BCUT2D eigenvalue weighted by Crippen LogP contribution is -2.08. The van der Waals surface area contributed by atoms with Gasteiger partial charge in [-0.15, -0.1) is 11.3 Å². The Labute approximate surface area is 106 Å². The van der Waals surface area contributed by atoms with Gasteiger partial charge in [0, 0.05) is 13.0 Å². The van der Waals surface area contributed by atoms with Gasteiger partial charge < -0.3 is 15.6 Å². The second-order valence-corrected chi connectivity index (χ2v) is 4.48. The van der Waals surface area contributed by atoms with E-state index in [2.05, 4.69) is 25.4 Å². The lowest BCUT2D eigenvalue weighted by molar-refractivity contribution is 0.380. The molecule has 0 aliphatic rings. The van der Waals surface area contributed by atoms with Gasteiger partial charge in [-0.25, -0.2) is 4.98 Å². The van der Waals surface area contributed by atoms with E-state index in [1.54, 1.807) is 0 Å². The highest BCUT2D eigenvalue weighted by molar-refractivity contribution is 7.16. The summed E-state index contributed by atoms with van der Waals surface area (Å²) >= 11 is 1.53. The lowest BCUT2D eigenvalue weighted by atomic mass is 10.3. The quantitative estimate of drug-likeness (QED) is 0.730. The van der Waals surface area contributed by atoms with E-state index < -0.39 is 0 Å². The Bertz CT molecular complexity index is 649. The minimum atomic E-state index is 0.269. The fraction of sp³-hybridized carbons (Fsp3) is 0.200. The topological polar surface area (TPSA) is 103 Å². The summed E-state index contributed by atoms with van der Waals surface area (Å²) in [5.74, 6) is 1.59. The minimum absolute atomic E-state index is 0.269. The number of aromatic nitrogens is 4. The van der Waals surface area contributed by atoms with Crippen molar-refractivity contribution >= 4 is 33.3 Å². The molecule has 0 spiro atoms. The van der Waals surface area contributed by atoms with Gasteiger partial charge in [-0.2, -0.15) is 9.97 Å². The van der Waals surface area contributed by atoms with E-state index >= 15 is 0 Å². The van der Waals surface area contributed by atoms with Crippen LogP contribution in [0.25, 0.3) is 10.2 Å². The summed E-state index contributed by atoms with van der Waals surface area (Å²) in [6.45, 7) is 0.642. The van der Waals surface area contributed by atoms with E-state index in [4.69, 9.17) is 10.3 Å². The van der Waals surface area contributed by atoms with Gasteiger partial charge in [-0.1, -0.05) is 5.16 Å². The van der Waals surface area contributed by atoms with Crippen molar-refractivity contribution in [3.63, 3.8) is 0 Å². The SMILES string of the molecule is Nc1nc(NCCc2ncno2)c2ccsc2n1. The first-order chi connectivity index (χ1) is 8.83. The van der Waals surface area contributed by atoms with Crippen LogP contribution in [0.1, 0.15) is 5.89 Å². The van der Waals surface area contributed by atoms with Crippen molar-refractivity contribution in [2.24, 2.45) is 0 Å². The molecule has 0 saturated carbocycles. The van der Waals surface area contributed by atoms with Crippen LogP contribution in [-0.4, -0.2) is 26.7 Å². The van der Waals surface area contributed by atoms with Crippen molar-refractivity contribution in [1.29, 1.82) is 0 Å². The molecule has 0 aliphatic carbocycles. The van der Waals surface area contributed by atoms with Crippen LogP contribution >= 0.6 is 11.3 Å². The monoisotopic (exact) mass is 262 g/mol. The van der Waals surface area contributed by atoms with Crippen molar-refractivity contribution in [1.82, 2.24) is 20.1 Å². The molecular formula is C10H10N6OS. The van der Waals surface area contributed by atoms with Crippen molar-refractivity contribution in [3.05, 3.63) is 23.7 Å². The average molecular weight is 262 g/mol. The van der Waals surface area contributed by atoms with Crippen LogP contribution in [0.3, 0.4) is 0 Å². The van der Waals surface area contributed by atoms with E-state index in [1.807, 2.05) is 11.4 Å². The Morgan fingerprint density at radius 3 is 3.17 bits per heavy atom. The van der Waals surface area contributed by atoms with Gasteiger partial charge in [0.05, 0.1) is 5.39 Å². The molecule has 3 N–H and O–H groups in total. The Balaban J connectivity index is 1.75. The van der Waals surface area contributed by atoms with Crippen LogP contribution in [0.5, 0.6) is 0 Å². The molecule has 0 aliphatic heterocycles. The summed E-state index contributed by atoms with van der Waals surface area (Å²) in [4.78, 5) is 13.2. The Hall–Kier alpha value is -2.22. The van der Waals surface area contributed by atoms with E-state index in [1.165, 1.54) is 17.7 Å². The predicted octanol–water partition coefficient (Wildman–Crippen LogP) is 1.31. The molecule has 0 fully saturated rings. The first-order valence-electron chi connectivity index (χ1n) is 5.33. The Morgan fingerprint density at radius 1 is 1.39 bits per heavy atom. The van der Waals surface area contributed by atoms with Crippen molar-refractivity contribution < 1.29 is 4.52 Å². The lowest BCUT2D eigenvalue weighted by Gasteiger charge is -2.05. The first kappa shape index (κ1) is 10.9. The average Bonchev–Trinajstić information content (AvgIpc) is 2.98. The largest absolute Gasteiger partial charge is 0.369 e. The van der Waals surface area contributed by atoms with Crippen molar-refractivity contribution in [2.75, 3.05) is 17.6 Å². The van der Waals surface area contributed by atoms with Gasteiger partial charge in [-0.3, -0.25) is 0 Å². The number of rotatable bonds is 4. The standard InChI is InChI=1S/C10H10N6OS/c11-10-15-8(6-2-4-18-9(6)16-10)12-3-1-7-13-5-14-17-7/h2,4-5H,1,3H2,(H3,11,12,15,16). The van der Waals surface area contributed by atoms with Gasteiger partial charge in [0.25, 0.3) is 0 Å². The van der Waals surface area contributed by atoms with Gasteiger partial charge in [0.15, 0.2) is 6.33 Å². The number of hydrogen-bond acceptors (Lipinski definition) is 8. The summed E-state index contributed by atoms with van der Waals surface area (Å²) < 4.78 is 4.91. The molecule has 3 rings (SSSR count). The summed E-state index contributed by atoms with van der Waals surface area (Å²) in [6, 6.07) is 1.97. The Morgan fingerprint density at radius 2 is 2.33 bits per heavy atom. The van der Waals surface area contributed by atoms with E-state index in [0.29, 0.717) is 18.9 Å². The zero-order chi connectivity index (χ0) is 12.4. The summed E-state index contributed by atoms with van der Waals surface area (Å²) in [5, 5.41) is 9.68. The molecule has 0 saturated heterocycles. The second kappa shape index (κ2) is 4.57. The molecule has 3 aromatic rings. The summed E-state index contributed by atoms with van der Waals surface area (Å²) in [6.07, 6.45) is 2.02. The van der Waals surface area contributed by atoms with Crippen molar-refractivity contribution in [2.45, 2.75) is 6.42 Å². The molecular weight excluding hydrogens is 252 g/mol. The molecule has 18 heavy (non-hydrogen) atoms. The van der Waals surface area contributed by atoms with Crippen LogP contribution < -0.4 is 11.1 Å². The molecule has 3 heterocycles. The normalized spacial score (nSPS) is 10.9.